The first-order valence-corrected chi connectivity index (χ1v) is 8.03. The van der Waals surface area contributed by atoms with Crippen molar-refractivity contribution in [3.63, 3.8) is 0 Å². The van der Waals surface area contributed by atoms with Crippen LogP contribution in [-0.2, 0) is 6.42 Å². The molecule has 1 atom stereocenters. The van der Waals surface area contributed by atoms with Crippen molar-refractivity contribution in [2.24, 2.45) is 5.73 Å². The van der Waals surface area contributed by atoms with E-state index in [1.165, 1.54) is 10.9 Å². The van der Waals surface area contributed by atoms with E-state index in [0.717, 1.165) is 48.5 Å². The van der Waals surface area contributed by atoms with Gasteiger partial charge in [-0.3, -0.25) is 4.98 Å². The molecule has 0 saturated carbocycles. The number of hydrogen-bond acceptors (Lipinski definition) is 4. The minimum Gasteiger partial charge on any atom is -0.497 e. The number of anilines is 1. The van der Waals surface area contributed by atoms with E-state index < -0.39 is 0 Å². The lowest BCUT2D eigenvalue weighted by Crippen LogP contribution is -2.17. The van der Waals surface area contributed by atoms with Crippen molar-refractivity contribution in [1.82, 2.24) is 4.98 Å². The average Bonchev–Trinajstić information content (AvgIpc) is 2.52. The molecule has 0 fully saturated rings. The molecule has 0 aliphatic heterocycles. The molecule has 1 aromatic heterocycles. The molecular formula is C18H27N3O. The number of nitrogens with one attached hydrogen (secondary N) is 1. The van der Waals surface area contributed by atoms with E-state index in [1.54, 1.807) is 7.11 Å². The van der Waals surface area contributed by atoms with Crippen LogP contribution in [0.5, 0.6) is 5.75 Å². The van der Waals surface area contributed by atoms with Crippen LogP contribution >= 0.6 is 0 Å². The van der Waals surface area contributed by atoms with Gasteiger partial charge in [-0.15, -0.1) is 0 Å². The zero-order valence-electron chi connectivity index (χ0n) is 14.1. The number of fused-ring (bicyclic) bond motifs is 1. The Bertz CT molecular complexity index is 640. The van der Waals surface area contributed by atoms with Crippen LogP contribution in [-0.4, -0.2) is 24.7 Å². The van der Waals surface area contributed by atoms with E-state index in [2.05, 4.69) is 31.3 Å². The summed E-state index contributed by atoms with van der Waals surface area (Å²) >= 11 is 0. The molecule has 4 heteroatoms. The van der Waals surface area contributed by atoms with Crippen LogP contribution < -0.4 is 15.8 Å². The molecule has 0 unspecified atom stereocenters. The van der Waals surface area contributed by atoms with Crippen LogP contribution in [0.4, 0.5) is 5.69 Å². The molecule has 1 aromatic carbocycles. The second-order valence-corrected chi connectivity index (χ2v) is 5.82. The Kier molecular flexibility index (Phi) is 5.61. The van der Waals surface area contributed by atoms with Gasteiger partial charge in [0.1, 0.15) is 5.75 Å². The molecule has 3 N–H and O–H groups in total. The third kappa shape index (κ3) is 3.69. The zero-order valence-corrected chi connectivity index (χ0v) is 14.1. The van der Waals surface area contributed by atoms with Crippen molar-refractivity contribution in [2.75, 3.05) is 19.0 Å². The van der Waals surface area contributed by atoms with Gasteiger partial charge in [0, 0.05) is 23.2 Å². The normalized spacial score (nSPS) is 12.4. The predicted molar refractivity (Wildman–Crippen MR) is 93.8 cm³/mol. The van der Waals surface area contributed by atoms with Gasteiger partial charge in [-0.1, -0.05) is 6.92 Å². The van der Waals surface area contributed by atoms with Gasteiger partial charge in [-0.2, -0.15) is 0 Å². The summed E-state index contributed by atoms with van der Waals surface area (Å²) in [6.07, 6.45) is 3.04. The lowest BCUT2D eigenvalue weighted by molar-refractivity contribution is 0.415. The van der Waals surface area contributed by atoms with Gasteiger partial charge in [-0.25, -0.2) is 0 Å². The molecule has 2 rings (SSSR count). The number of benzene rings is 1. The number of hydrogen-bond donors (Lipinski definition) is 2. The Hall–Kier alpha value is -1.81. The average molecular weight is 301 g/mol. The number of aromatic nitrogens is 1. The van der Waals surface area contributed by atoms with Gasteiger partial charge in [-0.05, 0) is 57.4 Å². The minimum absolute atomic E-state index is 0.353. The molecule has 120 valence electrons. The van der Waals surface area contributed by atoms with Gasteiger partial charge in [0.15, 0.2) is 0 Å². The van der Waals surface area contributed by atoms with Gasteiger partial charge in [0.2, 0.25) is 0 Å². The van der Waals surface area contributed by atoms with E-state index in [1.807, 2.05) is 13.0 Å². The monoisotopic (exact) mass is 301 g/mol. The lowest BCUT2D eigenvalue weighted by atomic mass is 10.0. The predicted octanol–water partition coefficient (Wildman–Crippen LogP) is 3.65. The summed E-state index contributed by atoms with van der Waals surface area (Å²) in [5.41, 5.74) is 10.0. The van der Waals surface area contributed by atoms with E-state index in [0.29, 0.717) is 6.04 Å². The highest BCUT2D eigenvalue weighted by Gasteiger charge is 2.12. The van der Waals surface area contributed by atoms with Crippen molar-refractivity contribution in [1.29, 1.82) is 0 Å². The molecule has 0 saturated heterocycles. The molecule has 0 amide bonds. The van der Waals surface area contributed by atoms with Crippen LogP contribution in [0, 0.1) is 6.92 Å². The Morgan fingerprint density at radius 3 is 2.73 bits per heavy atom. The van der Waals surface area contributed by atoms with Crippen molar-refractivity contribution >= 4 is 16.6 Å². The fourth-order valence-electron chi connectivity index (χ4n) is 2.79. The quantitative estimate of drug-likeness (QED) is 0.819. The Balaban J connectivity index is 2.49. The number of nitrogens with zero attached hydrogens (tertiary/aromatic N) is 1. The smallest absolute Gasteiger partial charge is 0.121 e. The topological polar surface area (TPSA) is 60.2 Å². The molecule has 22 heavy (non-hydrogen) atoms. The number of pyridine rings is 1. The van der Waals surface area contributed by atoms with Crippen molar-refractivity contribution in [3.05, 3.63) is 29.5 Å². The van der Waals surface area contributed by atoms with Crippen molar-refractivity contribution in [2.45, 2.75) is 46.1 Å². The van der Waals surface area contributed by atoms with Gasteiger partial charge >= 0.3 is 0 Å². The van der Waals surface area contributed by atoms with Crippen LogP contribution in [0.25, 0.3) is 10.9 Å². The fourth-order valence-corrected chi connectivity index (χ4v) is 2.79. The summed E-state index contributed by atoms with van der Waals surface area (Å²) in [5, 5.41) is 4.74. The van der Waals surface area contributed by atoms with Crippen LogP contribution in [0.2, 0.25) is 0 Å². The summed E-state index contributed by atoms with van der Waals surface area (Å²) in [6, 6.07) is 6.62. The van der Waals surface area contributed by atoms with Gasteiger partial charge < -0.3 is 15.8 Å². The molecule has 0 bridgehead atoms. The maximum Gasteiger partial charge on any atom is 0.121 e. The van der Waals surface area contributed by atoms with E-state index >= 15 is 0 Å². The molecule has 0 radical (unpaired) electrons. The number of methoxy groups -OCH3 is 1. The van der Waals surface area contributed by atoms with E-state index in [-0.39, 0.29) is 0 Å². The number of rotatable bonds is 7. The first-order valence-electron chi connectivity index (χ1n) is 8.03. The Morgan fingerprint density at radius 1 is 1.32 bits per heavy atom. The highest BCUT2D eigenvalue weighted by Crippen LogP contribution is 2.31. The van der Waals surface area contributed by atoms with Crippen LogP contribution in [0.1, 0.15) is 37.9 Å². The summed E-state index contributed by atoms with van der Waals surface area (Å²) in [5.74, 6) is 0.862. The molecule has 0 aliphatic rings. The standard InChI is InChI=1S/C18H27N3O/c1-5-14-9-13(3)21-18-16(14)10-15(22-4)11-17(18)20-12(2)7-6-8-19/h9-12,20H,5-8,19H2,1-4H3/t12-/m0/s1. The van der Waals surface area contributed by atoms with Crippen LogP contribution in [0.3, 0.4) is 0 Å². The first kappa shape index (κ1) is 16.6. The molecule has 2 aromatic rings. The highest BCUT2D eigenvalue weighted by atomic mass is 16.5. The molecular weight excluding hydrogens is 274 g/mol. The summed E-state index contributed by atoms with van der Waals surface area (Å²) in [4.78, 5) is 4.75. The maximum absolute atomic E-state index is 5.60. The van der Waals surface area contributed by atoms with Gasteiger partial charge in [0.25, 0.3) is 0 Å². The lowest BCUT2D eigenvalue weighted by Gasteiger charge is -2.18. The molecule has 1 heterocycles. The third-order valence-electron chi connectivity index (χ3n) is 3.96. The highest BCUT2D eigenvalue weighted by molar-refractivity contribution is 5.94. The third-order valence-corrected chi connectivity index (χ3v) is 3.96. The van der Waals surface area contributed by atoms with Crippen molar-refractivity contribution in [3.8, 4) is 5.75 Å². The molecule has 0 spiro atoms. The Morgan fingerprint density at radius 2 is 2.09 bits per heavy atom. The molecule has 4 nitrogen and oxygen atoms in total. The number of ether oxygens (including phenoxy) is 1. The van der Waals surface area contributed by atoms with E-state index in [9.17, 15) is 0 Å². The summed E-state index contributed by atoms with van der Waals surface area (Å²) in [7, 11) is 1.70. The zero-order chi connectivity index (χ0) is 16.1. The summed E-state index contributed by atoms with van der Waals surface area (Å²) < 4.78 is 5.47. The minimum atomic E-state index is 0.353. The molecule has 0 aliphatic carbocycles. The largest absolute Gasteiger partial charge is 0.497 e. The first-order chi connectivity index (χ1) is 10.6. The second kappa shape index (κ2) is 7.45. The maximum atomic E-state index is 5.60. The fraction of sp³-hybridized carbons (Fsp3) is 0.500. The van der Waals surface area contributed by atoms with E-state index in [4.69, 9.17) is 15.5 Å². The van der Waals surface area contributed by atoms with Crippen molar-refractivity contribution < 1.29 is 4.74 Å². The SMILES string of the molecule is CCc1cc(C)nc2c(N[C@@H](C)CCCN)cc(OC)cc12. The number of nitrogens with two attached hydrogens (primary N) is 1. The number of aryl methyl sites for hydroxylation is 2. The van der Waals surface area contributed by atoms with Crippen LogP contribution in [0.15, 0.2) is 18.2 Å². The Labute approximate surface area is 133 Å². The summed E-state index contributed by atoms with van der Waals surface area (Å²) in [6.45, 7) is 7.12. The second-order valence-electron chi connectivity index (χ2n) is 5.82. The van der Waals surface area contributed by atoms with Gasteiger partial charge in [0.05, 0.1) is 18.3 Å².